The van der Waals surface area contributed by atoms with Crippen molar-refractivity contribution in [3.05, 3.63) is 53.6 Å². The summed E-state index contributed by atoms with van der Waals surface area (Å²) in [7, 11) is 0. The summed E-state index contributed by atoms with van der Waals surface area (Å²) in [6.07, 6.45) is -9.13. The number of hydrogen-bond acceptors (Lipinski definition) is 4. The lowest BCUT2D eigenvalue weighted by Gasteiger charge is -2.18. The fourth-order valence-corrected chi connectivity index (χ4v) is 2.02. The minimum atomic E-state index is -5.02. The maximum atomic E-state index is 12.9. The zero-order chi connectivity index (χ0) is 20.4. The van der Waals surface area contributed by atoms with Crippen molar-refractivity contribution in [3.8, 4) is 0 Å². The molecule has 27 heavy (non-hydrogen) atoms. The number of ether oxygens (including phenoxy) is 1. The molecule has 2 rings (SSSR count). The SMILES string of the molecule is C[C@H](NC(=O)OC(=O)n1ccnc1)c1cc(C(F)(F)F)cc(C(F)(F)F)c1. The van der Waals surface area contributed by atoms with Gasteiger partial charge in [0.2, 0.25) is 0 Å². The van der Waals surface area contributed by atoms with Gasteiger partial charge in [-0.3, -0.25) is 0 Å². The van der Waals surface area contributed by atoms with Gasteiger partial charge in [-0.2, -0.15) is 26.3 Å². The number of carbonyl (C=O) groups excluding carboxylic acids is 2. The van der Waals surface area contributed by atoms with Crippen molar-refractivity contribution in [1.82, 2.24) is 14.9 Å². The Labute approximate surface area is 147 Å². The van der Waals surface area contributed by atoms with Crippen molar-refractivity contribution in [2.45, 2.75) is 25.3 Å². The van der Waals surface area contributed by atoms with Gasteiger partial charge in [-0.05, 0) is 30.7 Å². The molecule has 2 aromatic rings. The zero-order valence-corrected chi connectivity index (χ0v) is 13.4. The van der Waals surface area contributed by atoms with Crippen LogP contribution in [0, 0.1) is 0 Å². The lowest BCUT2D eigenvalue weighted by Crippen LogP contribution is -2.31. The van der Waals surface area contributed by atoms with Gasteiger partial charge in [0.05, 0.1) is 17.2 Å². The van der Waals surface area contributed by atoms with E-state index < -0.39 is 47.3 Å². The lowest BCUT2D eigenvalue weighted by atomic mass is 10.0. The first-order chi connectivity index (χ1) is 12.4. The maximum absolute atomic E-state index is 12.9. The van der Waals surface area contributed by atoms with Gasteiger partial charge in [-0.1, -0.05) is 0 Å². The third-order valence-corrected chi connectivity index (χ3v) is 3.34. The van der Waals surface area contributed by atoms with Crippen LogP contribution in [0.15, 0.2) is 36.9 Å². The van der Waals surface area contributed by atoms with Gasteiger partial charge in [0.25, 0.3) is 0 Å². The first kappa shape index (κ1) is 20.3. The zero-order valence-electron chi connectivity index (χ0n) is 13.4. The Bertz CT molecular complexity index is 798. The van der Waals surface area contributed by atoms with Crippen LogP contribution in [0.2, 0.25) is 0 Å². The fraction of sp³-hybridized carbons (Fsp3) is 0.267. The van der Waals surface area contributed by atoms with E-state index in [1.165, 1.54) is 12.4 Å². The van der Waals surface area contributed by atoms with E-state index in [2.05, 4.69) is 9.72 Å². The molecule has 0 aliphatic rings. The van der Waals surface area contributed by atoms with Crippen LogP contribution >= 0.6 is 0 Å². The van der Waals surface area contributed by atoms with Crippen LogP contribution in [0.5, 0.6) is 0 Å². The molecule has 1 aromatic heterocycles. The van der Waals surface area contributed by atoms with Crippen LogP contribution in [0.25, 0.3) is 0 Å². The quantitative estimate of drug-likeness (QED) is 0.605. The highest BCUT2D eigenvalue weighted by molar-refractivity contribution is 5.84. The monoisotopic (exact) mass is 395 g/mol. The molecule has 0 aliphatic carbocycles. The summed E-state index contributed by atoms with van der Waals surface area (Å²) < 4.78 is 82.3. The molecule has 1 aromatic carbocycles. The van der Waals surface area contributed by atoms with E-state index >= 15 is 0 Å². The Hall–Kier alpha value is -3.05. The molecule has 12 heteroatoms. The van der Waals surface area contributed by atoms with Crippen molar-refractivity contribution in [3.63, 3.8) is 0 Å². The van der Waals surface area contributed by atoms with Crippen LogP contribution in [0.3, 0.4) is 0 Å². The average molecular weight is 395 g/mol. The highest BCUT2D eigenvalue weighted by atomic mass is 19.4. The van der Waals surface area contributed by atoms with Crippen LogP contribution < -0.4 is 5.32 Å². The van der Waals surface area contributed by atoms with Crippen molar-refractivity contribution in [2.24, 2.45) is 0 Å². The van der Waals surface area contributed by atoms with E-state index in [1.807, 2.05) is 5.32 Å². The number of imidazole rings is 1. The number of nitrogens with one attached hydrogen (secondary N) is 1. The van der Waals surface area contributed by atoms with Gasteiger partial charge < -0.3 is 10.1 Å². The van der Waals surface area contributed by atoms with E-state index in [1.54, 1.807) is 0 Å². The number of nitrogens with zero attached hydrogens (tertiary/aromatic N) is 2. The van der Waals surface area contributed by atoms with Crippen LogP contribution in [-0.2, 0) is 17.1 Å². The second-order valence-corrected chi connectivity index (χ2v) is 5.33. The molecule has 0 saturated carbocycles. The van der Waals surface area contributed by atoms with E-state index in [0.29, 0.717) is 12.1 Å². The number of aromatic nitrogens is 2. The molecule has 0 bridgehead atoms. The van der Waals surface area contributed by atoms with E-state index in [-0.39, 0.29) is 6.07 Å². The number of rotatable bonds is 2. The number of halogens is 6. The predicted molar refractivity (Wildman–Crippen MR) is 77.5 cm³/mol. The molecule has 1 atom stereocenters. The molecule has 1 amide bonds. The van der Waals surface area contributed by atoms with Crippen LogP contribution in [0.4, 0.5) is 35.9 Å². The Morgan fingerprint density at radius 2 is 1.63 bits per heavy atom. The van der Waals surface area contributed by atoms with Gasteiger partial charge in [0.1, 0.15) is 6.33 Å². The first-order valence-corrected chi connectivity index (χ1v) is 7.18. The maximum Gasteiger partial charge on any atom is 0.428 e. The summed E-state index contributed by atoms with van der Waals surface area (Å²) in [5, 5.41) is 2.00. The topological polar surface area (TPSA) is 73.2 Å². The number of hydrogen-bond donors (Lipinski definition) is 1. The molecule has 146 valence electrons. The molecule has 0 fully saturated rings. The van der Waals surface area contributed by atoms with E-state index in [4.69, 9.17) is 0 Å². The molecule has 1 N–H and O–H groups in total. The van der Waals surface area contributed by atoms with E-state index in [0.717, 1.165) is 17.8 Å². The Morgan fingerprint density at radius 1 is 1.07 bits per heavy atom. The van der Waals surface area contributed by atoms with Gasteiger partial charge >= 0.3 is 24.5 Å². The first-order valence-electron chi connectivity index (χ1n) is 7.18. The van der Waals surface area contributed by atoms with Crippen molar-refractivity contribution in [1.29, 1.82) is 0 Å². The van der Waals surface area contributed by atoms with E-state index in [9.17, 15) is 35.9 Å². The molecule has 1 heterocycles. The smallest absolute Gasteiger partial charge is 0.359 e. The number of benzene rings is 1. The summed E-state index contributed by atoms with van der Waals surface area (Å²) in [6, 6.07) is -0.399. The van der Waals surface area contributed by atoms with Gasteiger partial charge in [0, 0.05) is 12.4 Å². The molecule has 0 unspecified atom stereocenters. The van der Waals surface area contributed by atoms with Crippen LogP contribution in [0.1, 0.15) is 29.7 Å². The third kappa shape index (κ3) is 5.21. The van der Waals surface area contributed by atoms with Gasteiger partial charge in [-0.15, -0.1) is 0 Å². The number of carbonyl (C=O) groups is 2. The number of alkyl halides is 6. The Balaban J connectivity index is 2.20. The summed E-state index contributed by atoms with van der Waals surface area (Å²) in [6.45, 7) is 1.14. The fourth-order valence-electron chi connectivity index (χ4n) is 2.02. The van der Waals surface area contributed by atoms with Crippen LogP contribution in [-0.4, -0.2) is 21.7 Å². The second-order valence-electron chi connectivity index (χ2n) is 5.33. The number of amides is 1. The molecular formula is C15H11F6N3O3. The molecular weight excluding hydrogens is 384 g/mol. The molecule has 0 spiro atoms. The summed E-state index contributed by atoms with van der Waals surface area (Å²) >= 11 is 0. The van der Waals surface area contributed by atoms with Crippen molar-refractivity contribution >= 4 is 12.2 Å². The minimum Gasteiger partial charge on any atom is -0.359 e. The standard InChI is InChI=1S/C15H11F6N3O3/c1-8(23-12(25)27-13(26)24-3-2-22-7-24)9-4-10(14(16,17)18)6-11(5-9)15(19,20)21/h2-8H,1H3,(H,23,25)/t8-/m0/s1. The average Bonchev–Trinajstić information content (AvgIpc) is 3.07. The number of alkyl carbamates (subject to hydrolysis) is 1. The third-order valence-electron chi connectivity index (χ3n) is 3.34. The highest BCUT2D eigenvalue weighted by Gasteiger charge is 2.37. The summed E-state index contributed by atoms with van der Waals surface area (Å²) in [4.78, 5) is 26.8. The largest absolute Gasteiger partial charge is 0.428 e. The van der Waals surface area contributed by atoms with Crippen molar-refractivity contribution in [2.75, 3.05) is 0 Å². The normalized spacial score (nSPS) is 13.1. The highest BCUT2D eigenvalue weighted by Crippen LogP contribution is 2.37. The summed E-state index contributed by atoms with van der Waals surface area (Å²) in [5.74, 6) is 0. The Kier molecular flexibility index (Phi) is 5.47. The predicted octanol–water partition coefficient (Wildman–Crippen LogP) is 4.38. The van der Waals surface area contributed by atoms with Gasteiger partial charge in [-0.25, -0.2) is 19.1 Å². The second kappa shape index (κ2) is 7.29. The molecule has 0 aliphatic heterocycles. The molecule has 0 saturated heterocycles. The minimum absolute atomic E-state index is 0.0306. The summed E-state index contributed by atoms with van der Waals surface area (Å²) in [5.41, 5.74) is -3.52. The Morgan fingerprint density at radius 3 is 2.07 bits per heavy atom. The lowest BCUT2D eigenvalue weighted by molar-refractivity contribution is -0.143. The molecule has 0 radical (unpaired) electrons. The molecule has 6 nitrogen and oxygen atoms in total. The van der Waals surface area contributed by atoms with Crippen molar-refractivity contribution < 1.29 is 40.7 Å². The van der Waals surface area contributed by atoms with Gasteiger partial charge in [0.15, 0.2) is 0 Å².